The lowest BCUT2D eigenvalue weighted by Gasteiger charge is -2.02. The van der Waals surface area contributed by atoms with Gasteiger partial charge in [-0.15, -0.1) is 0 Å². The zero-order chi connectivity index (χ0) is 14.5. The van der Waals surface area contributed by atoms with Crippen LogP contribution >= 0.6 is 11.5 Å². The first-order chi connectivity index (χ1) is 9.63. The van der Waals surface area contributed by atoms with Crippen molar-refractivity contribution in [1.82, 2.24) is 14.3 Å². The van der Waals surface area contributed by atoms with Crippen LogP contribution in [-0.4, -0.2) is 28.6 Å². The summed E-state index contributed by atoms with van der Waals surface area (Å²) >= 11 is 1.32. The maximum Gasteiger partial charge on any atom is 0.343 e. The molecule has 0 aliphatic carbocycles. The molecule has 0 spiro atoms. The van der Waals surface area contributed by atoms with Gasteiger partial charge in [0.05, 0.1) is 7.11 Å². The van der Waals surface area contributed by atoms with Crippen molar-refractivity contribution in [3.05, 3.63) is 29.1 Å². The summed E-state index contributed by atoms with van der Waals surface area (Å²) in [6.07, 6.45) is 0. The van der Waals surface area contributed by atoms with Gasteiger partial charge in [0.1, 0.15) is 5.75 Å². The zero-order valence-electron chi connectivity index (χ0n) is 11.6. The summed E-state index contributed by atoms with van der Waals surface area (Å²) in [5, 5.41) is 2.61. The van der Waals surface area contributed by atoms with Crippen LogP contribution in [0.2, 0.25) is 0 Å². The number of nitrogens with one attached hydrogen (secondary N) is 1. The van der Waals surface area contributed by atoms with E-state index in [0.29, 0.717) is 11.3 Å². The van der Waals surface area contributed by atoms with Crippen LogP contribution in [0.4, 0.5) is 4.79 Å². The van der Waals surface area contributed by atoms with Gasteiger partial charge < -0.3 is 10.1 Å². The van der Waals surface area contributed by atoms with Crippen LogP contribution in [0.15, 0.2) is 29.3 Å². The first-order valence-corrected chi connectivity index (χ1v) is 6.92. The molecule has 1 aromatic carbocycles. The van der Waals surface area contributed by atoms with Gasteiger partial charge in [-0.05, 0) is 42.7 Å². The van der Waals surface area contributed by atoms with Crippen LogP contribution in [0, 0.1) is 0 Å². The quantitative estimate of drug-likeness (QED) is 0.937. The largest absolute Gasteiger partial charge is 0.497 e. The van der Waals surface area contributed by atoms with E-state index >= 15 is 0 Å². The van der Waals surface area contributed by atoms with E-state index in [-0.39, 0.29) is 6.03 Å². The molecule has 0 bridgehead atoms. The fourth-order valence-corrected chi connectivity index (χ4v) is 2.39. The molecule has 0 saturated heterocycles. The standard InChI is InChI=1S/C13H16N4O2S/c1-4-14-12(18)16-13-15-11(17(2)20-13)9-5-7-10(19-3)8-6-9/h5-8H,4H2,1-3H3,(H,14,18)/b16-13-. The van der Waals surface area contributed by atoms with Crippen molar-refractivity contribution < 1.29 is 9.53 Å². The molecule has 0 fully saturated rings. The molecular weight excluding hydrogens is 276 g/mol. The average molecular weight is 292 g/mol. The zero-order valence-corrected chi connectivity index (χ0v) is 12.4. The first kappa shape index (κ1) is 14.3. The number of hydrogen-bond acceptors (Lipinski definition) is 4. The third kappa shape index (κ3) is 3.24. The number of urea groups is 1. The molecule has 6 nitrogen and oxygen atoms in total. The van der Waals surface area contributed by atoms with E-state index in [1.165, 1.54) is 11.5 Å². The Kier molecular flexibility index (Phi) is 4.52. The van der Waals surface area contributed by atoms with Gasteiger partial charge in [0.25, 0.3) is 0 Å². The predicted octanol–water partition coefficient (Wildman–Crippen LogP) is 1.79. The number of amides is 2. The van der Waals surface area contributed by atoms with Gasteiger partial charge in [-0.2, -0.15) is 9.98 Å². The molecule has 2 rings (SSSR count). The molecule has 1 N–H and O–H groups in total. The highest BCUT2D eigenvalue weighted by atomic mass is 32.1. The number of rotatable bonds is 3. The minimum absolute atomic E-state index is 0.372. The minimum Gasteiger partial charge on any atom is -0.497 e. The van der Waals surface area contributed by atoms with Crippen LogP contribution < -0.4 is 14.9 Å². The SMILES string of the molecule is CCNC(=O)/N=c1/nc(-c2ccc(OC)cc2)n(C)s1. The summed E-state index contributed by atoms with van der Waals surface area (Å²) in [6.45, 7) is 2.39. The number of benzene rings is 1. The van der Waals surface area contributed by atoms with Gasteiger partial charge in [0.15, 0.2) is 5.82 Å². The highest BCUT2D eigenvalue weighted by molar-refractivity contribution is 7.03. The number of methoxy groups -OCH3 is 1. The lowest BCUT2D eigenvalue weighted by atomic mass is 10.2. The molecule has 7 heteroatoms. The number of carbonyl (C=O) groups is 1. The summed E-state index contributed by atoms with van der Waals surface area (Å²) in [7, 11) is 3.51. The normalized spacial score (nSPS) is 11.4. The topological polar surface area (TPSA) is 68.5 Å². The van der Waals surface area contributed by atoms with Crippen molar-refractivity contribution in [1.29, 1.82) is 0 Å². The molecule has 106 valence electrons. The number of aryl methyl sites for hydroxylation is 1. The molecule has 0 aliphatic rings. The fraction of sp³-hybridized carbons (Fsp3) is 0.308. The Balaban J connectivity index is 2.33. The van der Waals surface area contributed by atoms with Crippen molar-refractivity contribution in [3.63, 3.8) is 0 Å². The monoisotopic (exact) mass is 292 g/mol. The highest BCUT2D eigenvalue weighted by Crippen LogP contribution is 2.20. The van der Waals surface area contributed by atoms with Gasteiger partial charge >= 0.3 is 6.03 Å². The number of aromatic nitrogens is 2. The molecule has 0 radical (unpaired) electrons. The first-order valence-electron chi connectivity index (χ1n) is 6.15. The Bertz CT molecular complexity index is 658. The molecule has 0 aliphatic heterocycles. The van der Waals surface area contributed by atoms with Crippen molar-refractivity contribution in [2.45, 2.75) is 6.92 Å². The van der Waals surface area contributed by atoms with Gasteiger partial charge in [0.2, 0.25) is 4.80 Å². The Morgan fingerprint density at radius 3 is 2.75 bits per heavy atom. The summed E-state index contributed by atoms with van der Waals surface area (Å²) in [5.41, 5.74) is 0.946. The van der Waals surface area contributed by atoms with Gasteiger partial charge in [0, 0.05) is 19.2 Å². The Morgan fingerprint density at radius 1 is 1.45 bits per heavy atom. The third-order valence-electron chi connectivity index (χ3n) is 2.59. The molecule has 0 unspecified atom stereocenters. The summed E-state index contributed by atoms with van der Waals surface area (Å²) in [4.78, 5) is 20.1. The van der Waals surface area contributed by atoms with Crippen LogP contribution in [-0.2, 0) is 7.05 Å². The fourth-order valence-electron chi connectivity index (χ4n) is 1.66. The number of hydrogen-bond donors (Lipinski definition) is 1. The predicted molar refractivity (Wildman–Crippen MR) is 77.7 cm³/mol. The van der Waals surface area contributed by atoms with Crippen LogP contribution in [0.25, 0.3) is 11.4 Å². The minimum atomic E-state index is -0.372. The van der Waals surface area contributed by atoms with E-state index in [4.69, 9.17) is 4.74 Å². The van der Waals surface area contributed by atoms with E-state index in [2.05, 4.69) is 15.3 Å². The van der Waals surface area contributed by atoms with Gasteiger partial charge in [-0.25, -0.2) is 4.79 Å². The second kappa shape index (κ2) is 6.33. The van der Waals surface area contributed by atoms with Crippen LogP contribution in [0.3, 0.4) is 0 Å². The maximum atomic E-state index is 11.4. The van der Waals surface area contributed by atoms with E-state index in [0.717, 1.165) is 17.1 Å². The molecule has 20 heavy (non-hydrogen) atoms. The average Bonchev–Trinajstić information content (AvgIpc) is 2.80. The van der Waals surface area contributed by atoms with Crippen LogP contribution in [0.1, 0.15) is 6.92 Å². The summed E-state index contributed by atoms with van der Waals surface area (Å²) in [5.74, 6) is 1.56. The Labute approximate surface area is 120 Å². The van der Waals surface area contributed by atoms with Crippen molar-refractivity contribution >= 4 is 17.6 Å². The van der Waals surface area contributed by atoms with Crippen molar-refractivity contribution in [2.75, 3.05) is 13.7 Å². The van der Waals surface area contributed by atoms with Crippen molar-refractivity contribution in [3.8, 4) is 17.1 Å². The molecule has 1 aromatic heterocycles. The third-order valence-corrected chi connectivity index (χ3v) is 3.38. The molecule has 2 aromatic rings. The lowest BCUT2D eigenvalue weighted by Crippen LogP contribution is -2.21. The maximum absolute atomic E-state index is 11.4. The molecule has 0 atom stereocenters. The Hall–Kier alpha value is -2.15. The van der Waals surface area contributed by atoms with E-state index < -0.39 is 0 Å². The smallest absolute Gasteiger partial charge is 0.343 e. The highest BCUT2D eigenvalue weighted by Gasteiger charge is 2.07. The number of nitrogens with zero attached hydrogens (tertiary/aromatic N) is 3. The molecule has 1 heterocycles. The summed E-state index contributed by atoms with van der Waals surface area (Å²) < 4.78 is 7.00. The van der Waals surface area contributed by atoms with E-state index in [1.807, 2.05) is 42.2 Å². The molecule has 2 amide bonds. The van der Waals surface area contributed by atoms with Crippen molar-refractivity contribution in [2.24, 2.45) is 12.0 Å². The number of ether oxygens (including phenoxy) is 1. The van der Waals surface area contributed by atoms with Gasteiger partial charge in [-0.3, -0.25) is 3.96 Å². The molecule has 0 saturated carbocycles. The lowest BCUT2D eigenvalue weighted by molar-refractivity contribution is 0.249. The van der Waals surface area contributed by atoms with E-state index in [9.17, 15) is 4.79 Å². The summed E-state index contributed by atoms with van der Waals surface area (Å²) in [6, 6.07) is 7.21. The van der Waals surface area contributed by atoms with E-state index in [1.54, 1.807) is 7.11 Å². The second-order valence-electron chi connectivity index (χ2n) is 3.98. The number of carbonyl (C=O) groups excluding carboxylic acids is 1. The van der Waals surface area contributed by atoms with Crippen LogP contribution in [0.5, 0.6) is 5.75 Å². The Morgan fingerprint density at radius 2 is 2.15 bits per heavy atom. The second-order valence-corrected chi connectivity index (χ2v) is 5.08. The molecular formula is C13H16N4O2S. The van der Waals surface area contributed by atoms with Gasteiger partial charge in [-0.1, -0.05) is 0 Å².